The zero-order chi connectivity index (χ0) is 21.5. The van der Waals surface area contributed by atoms with E-state index in [9.17, 15) is 14.9 Å². The fourth-order valence-electron chi connectivity index (χ4n) is 2.93. The summed E-state index contributed by atoms with van der Waals surface area (Å²) in [6.07, 6.45) is 0. The zero-order valence-corrected chi connectivity index (χ0v) is 16.9. The van der Waals surface area contributed by atoms with E-state index in [1.807, 2.05) is 61.5 Å². The minimum absolute atomic E-state index is 0.158. The first-order valence-corrected chi connectivity index (χ1v) is 9.50. The highest BCUT2D eigenvalue weighted by Gasteiger charge is 2.20. The van der Waals surface area contributed by atoms with Crippen molar-refractivity contribution < 1.29 is 14.5 Å². The summed E-state index contributed by atoms with van der Waals surface area (Å²) in [4.78, 5) is 25.3. The number of nitrogens with zero attached hydrogens (tertiary/aromatic N) is 2. The van der Waals surface area contributed by atoms with Crippen LogP contribution in [0.1, 0.15) is 15.9 Å². The predicted molar refractivity (Wildman–Crippen MR) is 116 cm³/mol. The van der Waals surface area contributed by atoms with E-state index in [1.54, 1.807) is 19.2 Å². The number of ether oxygens (including phenoxy) is 1. The van der Waals surface area contributed by atoms with Gasteiger partial charge in [0, 0.05) is 24.4 Å². The first kappa shape index (κ1) is 20.9. The van der Waals surface area contributed by atoms with E-state index in [0.29, 0.717) is 18.8 Å². The highest BCUT2D eigenvalue weighted by Crippen LogP contribution is 2.29. The lowest BCUT2D eigenvalue weighted by atomic mass is 10.1. The van der Waals surface area contributed by atoms with Crippen LogP contribution >= 0.6 is 0 Å². The van der Waals surface area contributed by atoms with Gasteiger partial charge in [0.2, 0.25) is 0 Å². The van der Waals surface area contributed by atoms with Crippen molar-refractivity contribution in [2.75, 3.05) is 25.5 Å². The summed E-state index contributed by atoms with van der Waals surface area (Å²) < 4.78 is 5.73. The molecule has 3 aromatic carbocycles. The second-order valence-electron chi connectivity index (χ2n) is 6.82. The molecule has 1 N–H and O–H groups in total. The molecule has 0 saturated carbocycles. The number of hydrogen-bond donors (Lipinski definition) is 1. The van der Waals surface area contributed by atoms with Crippen molar-refractivity contribution in [2.24, 2.45) is 0 Å². The van der Waals surface area contributed by atoms with E-state index in [1.165, 1.54) is 11.0 Å². The number of carbonyl (C=O) groups is 1. The number of carbonyl (C=O) groups excluding carboxylic acids is 1. The molecule has 3 aromatic rings. The van der Waals surface area contributed by atoms with Gasteiger partial charge in [0.05, 0.1) is 11.5 Å². The number of nitro groups is 1. The van der Waals surface area contributed by atoms with Crippen LogP contribution < -0.4 is 10.1 Å². The van der Waals surface area contributed by atoms with Crippen LogP contribution in [0.5, 0.6) is 5.75 Å². The minimum atomic E-state index is -0.497. The molecule has 0 aliphatic rings. The summed E-state index contributed by atoms with van der Waals surface area (Å²) in [6, 6.07) is 21.2. The Morgan fingerprint density at radius 1 is 1.07 bits per heavy atom. The Morgan fingerprint density at radius 3 is 2.47 bits per heavy atom. The van der Waals surface area contributed by atoms with Crippen molar-refractivity contribution >= 4 is 23.0 Å². The summed E-state index contributed by atoms with van der Waals surface area (Å²) in [6.45, 7) is 2.63. The first-order valence-electron chi connectivity index (χ1n) is 9.50. The smallest absolute Gasteiger partial charge is 0.293 e. The number of nitro benzene ring substituents is 1. The number of para-hydroxylation sites is 2. The van der Waals surface area contributed by atoms with Gasteiger partial charge in [-0.2, -0.15) is 0 Å². The van der Waals surface area contributed by atoms with Gasteiger partial charge in [-0.3, -0.25) is 14.9 Å². The lowest BCUT2D eigenvalue weighted by molar-refractivity contribution is -0.383. The molecule has 0 aliphatic heterocycles. The zero-order valence-electron chi connectivity index (χ0n) is 16.9. The van der Waals surface area contributed by atoms with Crippen molar-refractivity contribution in [3.05, 3.63) is 94.0 Å². The average Bonchev–Trinajstić information content (AvgIpc) is 2.75. The lowest BCUT2D eigenvalue weighted by Gasteiger charge is -2.18. The lowest BCUT2D eigenvalue weighted by Crippen LogP contribution is -2.31. The van der Waals surface area contributed by atoms with Gasteiger partial charge in [-0.05, 0) is 42.8 Å². The van der Waals surface area contributed by atoms with Crippen LogP contribution in [0.15, 0.2) is 72.8 Å². The summed E-state index contributed by atoms with van der Waals surface area (Å²) in [7, 11) is 1.64. The third-order valence-corrected chi connectivity index (χ3v) is 4.62. The number of hydrogen-bond acceptors (Lipinski definition) is 5. The van der Waals surface area contributed by atoms with Gasteiger partial charge >= 0.3 is 0 Å². The topological polar surface area (TPSA) is 84.7 Å². The number of aryl methyl sites for hydroxylation is 1. The van der Waals surface area contributed by atoms with Crippen molar-refractivity contribution in [1.29, 1.82) is 0 Å². The standard InChI is InChI=1S/C23H23N3O4/c1-17-8-6-7-11-22(17)30-15-14-25(2)23(27)18-12-13-20(21(16-18)26(28)29)24-19-9-4-3-5-10-19/h3-13,16,24H,14-15H2,1-2H3. The Bertz CT molecular complexity index is 1040. The summed E-state index contributed by atoms with van der Waals surface area (Å²) in [5.74, 6) is 0.461. The highest BCUT2D eigenvalue weighted by molar-refractivity contribution is 5.95. The fraction of sp³-hybridized carbons (Fsp3) is 0.174. The van der Waals surface area contributed by atoms with E-state index in [-0.39, 0.29) is 17.2 Å². The fourth-order valence-corrected chi connectivity index (χ4v) is 2.93. The molecule has 0 aromatic heterocycles. The highest BCUT2D eigenvalue weighted by atomic mass is 16.6. The Hall–Kier alpha value is -3.87. The van der Waals surface area contributed by atoms with Crippen LogP contribution in [-0.4, -0.2) is 35.9 Å². The van der Waals surface area contributed by atoms with Crippen molar-refractivity contribution in [3.8, 4) is 5.75 Å². The van der Waals surface area contributed by atoms with Crippen LogP contribution in [0.4, 0.5) is 17.1 Å². The van der Waals surface area contributed by atoms with Gasteiger partial charge in [-0.15, -0.1) is 0 Å². The largest absolute Gasteiger partial charge is 0.491 e. The van der Waals surface area contributed by atoms with E-state index < -0.39 is 4.92 Å². The maximum atomic E-state index is 12.7. The molecular weight excluding hydrogens is 382 g/mol. The number of rotatable bonds is 8. The summed E-state index contributed by atoms with van der Waals surface area (Å²) >= 11 is 0. The summed E-state index contributed by atoms with van der Waals surface area (Å²) in [5.41, 5.74) is 2.16. The van der Waals surface area contributed by atoms with Crippen molar-refractivity contribution in [2.45, 2.75) is 6.92 Å². The van der Waals surface area contributed by atoms with Crippen molar-refractivity contribution in [3.63, 3.8) is 0 Å². The number of benzene rings is 3. The molecule has 0 saturated heterocycles. The van der Waals surface area contributed by atoms with Crippen LogP contribution in [-0.2, 0) is 0 Å². The molecule has 0 bridgehead atoms. The van der Waals surface area contributed by atoms with E-state index in [0.717, 1.165) is 17.0 Å². The molecule has 154 valence electrons. The number of anilines is 2. The van der Waals surface area contributed by atoms with E-state index >= 15 is 0 Å². The molecule has 3 rings (SSSR count). The van der Waals surface area contributed by atoms with Gasteiger partial charge in [0.15, 0.2) is 0 Å². The molecule has 0 spiro atoms. The third-order valence-electron chi connectivity index (χ3n) is 4.62. The average molecular weight is 405 g/mol. The monoisotopic (exact) mass is 405 g/mol. The molecule has 30 heavy (non-hydrogen) atoms. The normalized spacial score (nSPS) is 10.3. The Labute approximate surface area is 175 Å². The third kappa shape index (κ3) is 5.14. The quantitative estimate of drug-likeness (QED) is 0.430. The second-order valence-corrected chi connectivity index (χ2v) is 6.82. The minimum Gasteiger partial charge on any atom is -0.491 e. The Kier molecular flexibility index (Phi) is 6.64. The van der Waals surface area contributed by atoms with Crippen molar-refractivity contribution in [1.82, 2.24) is 4.90 Å². The van der Waals surface area contributed by atoms with Gasteiger partial charge in [0.1, 0.15) is 18.0 Å². The van der Waals surface area contributed by atoms with Crippen LogP contribution in [0.3, 0.4) is 0 Å². The van der Waals surface area contributed by atoms with Gasteiger partial charge < -0.3 is 15.0 Å². The molecule has 0 heterocycles. The molecule has 0 unspecified atom stereocenters. The first-order chi connectivity index (χ1) is 14.5. The van der Waals surface area contributed by atoms with E-state index in [2.05, 4.69) is 5.32 Å². The SMILES string of the molecule is Cc1ccccc1OCCN(C)C(=O)c1ccc(Nc2ccccc2)c([N+](=O)[O-])c1. The molecule has 1 amide bonds. The molecule has 0 radical (unpaired) electrons. The summed E-state index contributed by atoms with van der Waals surface area (Å²) in [5, 5.41) is 14.6. The maximum Gasteiger partial charge on any atom is 0.293 e. The molecule has 0 atom stereocenters. The van der Waals surface area contributed by atoms with Gasteiger partial charge in [0.25, 0.3) is 11.6 Å². The number of likely N-dealkylation sites (N-methyl/N-ethyl adjacent to an activating group) is 1. The molecule has 7 heteroatoms. The van der Waals surface area contributed by atoms with E-state index in [4.69, 9.17) is 4.74 Å². The van der Waals surface area contributed by atoms with Gasteiger partial charge in [-0.1, -0.05) is 36.4 Å². The molecule has 0 fully saturated rings. The predicted octanol–water partition coefficient (Wildman–Crippen LogP) is 4.80. The van der Waals surface area contributed by atoms with Crippen LogP contribution in [0.25, 0.3) is 0 Å². The Morgan fingerprint density at radius 2 is 1.77 bits per heavy atom. The van der Waals surface area contributed by atoms with Gasteiger partial charge in [-0.25, -0.2) is 0 Å². The molecule has 7 nitrogen and oxygen atoms in total. The maximum absolute atomic E-state index is 12.7. The molecular formula is C23H23N3O4. The number of nitrogens with one attached hydrogen (secondary N) is 1. The second kappa shape index (κ2) is 9.56. The van der Waals surface area contributed by atoms with Crippen LogP contribution in [0, 0.1) is 17.0 Å². The number of amides is 1. The Balaban J connectivity index is 1.68. The molecule has 0 aliphatic carbocycles. The van der Waals surface area contributed by atoms with Crippen LogP contribution in [0.2, 0.25) is 0 Å².